The third-order valence-electron chi connectivity index (χ3n) is 2.99. The van der Waals surface area contributed by atoms with Crippen LogP contribution in [-0.4, -0.2) is 12.5 Å². The SMILES string of the molecule is CCNCc1c(F)cccc1Oc1ccc(C(N)=O)cc1. The van der Waals surface area contributed by atoms with E-state index >= 15 is 0 Å². The number of ether oxygens (including phenoxy) is 1. The third kappa shape index (κ3) is 3.79. The van der Waals surface area contributed by atoms with Gasteiger partial charge in [0, 0.05) is 17.7 Å². The molecule has 4 nitrogen and oxygen atoms in total. The summed E-state index contributed by atoms with van der Waals surface area (Å²) in [5, 5.41) is 3.07. The topological polar surface area (TPSA) is 64.3 Å². The van der Waals surface area contributed by atoms with Crippen LogP contribution in [0.15, 0.2) is 42.5 Å². The fourth-order valence-electron chi connectivity index (χ4n) is 1.87. The molecule has 0 bridgehead atoms. The van der Waals surface area contributed by atoms with Gasteiger partial charge in [-0.1, -0.05) is 13.0 Å². The molecule has 5 heteroatoms. The molecule has 0 atom stereocenters. The molecule has 0 heterocycles. The molecule has 0 radical (unpaired) electrons. The Morgan fingerprint density at radius 1 is 1.24 bits per heavy atom. The van der Waals surface area contributed by atoms with Gasteiger partial charge in [-0.25, -0.2) is 4.39 Å². The minimum absolute atomic E-state index is 0.317. The number of benzene rings is 2. The fraction of sp³-hybridized carbons (Fsp3) is 0.188. The van der Waals surface area contributed by atoms with Crippen LogP contribution in [0.25, 0.3) is 0 Å². The number of nitrogens with two attached hydrogens (primary N) is 1. The zero-order chi connectivity index (χ0) is 15.2. The lowest BCUT2D eigenvalue weighted by Crippen LogP contribution is -2.13. The van der Waals surface area contributed by atoms with Gasteiger partial charge in [0.25, 0.3) is 0 Å². The maximum Gasteiger partial charge on any atom is 0.248 e. The van der Waals surface area contributed by atoms with Crippen LogP contribution in [0, 0.1) is 5.82 Å². The molecule has 0 aliphatic heterocycles. The van der Waals surface area contributed by atoms with E-state index in [-0.39, 0.29) is 5.82 Å². The Hall–Kier alpha value is -2.40. The number of hydrogen-bond donors (Lipinski definition) is 2. The summed E-state index contributed by atoms with van der Waals surface area (Å²) >= 11 is 0. The van der Waals surface area contributed by atoms with Crippen molar-refractivity contribution < 1.29 is 13.9 Å². The van der Waals surface area contributed by atoms with E-state index in [0.717, 1.165) is 6.54 Å². The standard InChI is InChI=1S/C16H17FN2O2/c1-2-19-10-13-14(17)4-3-5-15(13)21-12-8-6-11(7-9-12)16(18)20/h3-9,19H,2,10H2,1H3,(H2,18,20). The van der Waals surface area contributed by atoms with Gasteiger partial charge in [0.15, 0.2) is 0 Å². The maximum atomic E-state index is 13.9. The van der Waals surface area contributed by atoms with Crippen LogP contribution in [0.5, 0.6) is 11.5 Å². The van der Waals surface area contributed by atoms with Crippen molar-refractivity contribution in [1.29, 1.82) is 0 Å². The predicted octanol–water partition coefficient (Wildman–Crippen LogP) is 2.83. The number of nitrogens with one attached hydrogen (secondary N) is 1. The van der Waals surface area contributed by atoms with Crippen molar-refractivity contribution in [2.75, 3.05) is 6.54 Å². The van der Waals surface area contributed by atoms with Gasteiger partial charge in [-0.2, -0.15) is 0 Å². The molecule has 2 rings (SSSR count). The first-order chi connectivity index (χ1) is 10.1. The molecule has 0 aliphatic rings. The molecule has 3 N–H and O–H groups in total. The lowest BCUT2D eigenvalue weighted by molar-refractivity contribution is 0.100. The Morgan fingerprint density at radius 3 is 2.57 bits per heavy atom. The van der Waals surface area contributed by atoms with E-state index in [1.807, 2.05) is 6.92 Å². The predicted molar refractivity (Wildman–Crippen MR) is 78.8 cm³/mol. The van der Waals surface area contributed by atoms with Crippen molar-refractivity contribution >= 4 is 5.91 Å². The highest BCUT2D eigenvalue weighted by molar-refractivity contribution is 5.92. The second-order valence-corrected chi connectivity index (χ2v) is 4.49. The average Bonchev–Trinajstić information content (AvgIpc) is 2.47. The Morgan fingerprint density at radius 2 is 1.95 bits per heavy atom. The zero-order valence-electron chi connectivity index (χ0n) is 11.7. The van der Waals surface area contributed by atoms with E-state index in [0.29, 0.717) is 29.2 Å². The lowest BCUT2D eigenvalue weighted by atomic mass is 10.1. The highest BCUT2D eigenvalue weighted by Gasteiger charge is 2.10. The third-order valence-corrected chi connectivity index (χ3v) is 2.99. The lowest BCUT2D eigenvalue weighted by Gasteiger charge is -2.12. The normalized spacial score (nSPS) is 10.4. The molecule has 0 unspecified atom stereocenters. The summed E-state index contributed by atoms with van der Waals surface area (Å²) in [4.78, 5) is 11.0. The van der Waals surface area contributed by atoms with Crippen LogP contribution < -0.4 is 15.8 Å². The molecular weight excluding hydrogens is 271 g/mol. The molecule has 0 fully saturated rings. The van der Waals surface area contributed by atoms with Crippen LogP contribution >= 0.6 is 0 Å². The molecule has 0 spiro atoms. The van der Waals surface area contributed by atoms with Crippen LogP contribution in [0.1, 0.15) is 22.8 Å². The number of amides is 1. The van der Waals surface area contributed by atoms with E-state index < -0.39 is 5.91 Å². The van der Waals surface area contributed by atoms with Crippen molar-refractivity contribution in [3.63, 3.8) is 0 Å². The zero-order valence-corrected chi connectivity index (χ0v) is 11.7. The molecule has 0 saturated heterocycles. The molecule has 2 aromatic carbocycles. The molecule has 0 saturated carbocycles. The smallest absolute Gasteiger partial charge is 0.248 e. The summed E-state index contributed by atoms with van der Waals surface area (Å²) < 4.78 is 19.6. The van der Waals surface area contributed by atoms with E-state index in [1.165, 1.54) is 6.07 Å². The molecule has 2 aromatic rings. The molecule has 1 amide bonds. The van der Waals surface area contributed by atoms with Crippen molar-refractivity contribution in [2.45, 2.75) is 13.5 Å². The number of carbonyl (C=O) groups is 1. The van der Waals surface area contributed by atoms with Crippen molar-refractivity contribution in [2.24, 2.45) is 5.73 Å². The molecule has 0 aromatic heterocycles. The van der Waals surface area contributed by atoms with Crippen LogP contribution in [-0.2, 0) is 6.54 Å². The number of hydrogen-bond acceptors (Lipinski definition) is 3. The van der Waals surface area contributed by atoms with Crippen molar-refractivity contribution in [3.8, 4) is 11.5 Å². The van der Waals surface area contributed by atoms with Crippen LogP contribution in [0.2, 0.25) is 0 Å². The highest BCUT2D eigenvalue weighted by Crippen LogP contribution is 2.27. The largest absolute Gasteiger partial charge is 0.457 e. The average molecular weight is 288 g/mol. The van der Waals surface area contributed by atoms with Gasteiger partial charge in [-0.3, -0.25) is 4.79 Å². The number of rotatable bonds is 6. The Kier molecular flexibility index (Phi) is 4.90. The Balaban J connectivity index is 2.22. The quantitative estimate of drug-likeness (QED) is 0.859. The van der Waals surface area contributed by atoms with Gasteiger partial charge in [-0.15, -0.1) is 0 Å². The first-order valence-electron chi connectivity index (χ1n) is 6.67. The summed E-state index contributed by atoms with van der Waals surface area (Å²) in [5.74, 6) is 0.147. The van der Waals surface area contributed by atoms with E-state index in [1.54, 1.807) is 36.4 Å². The van der Waals surface area contributed by atoms with Crippen molar-refractivity contribution in [1.82, 2.24) is 5.32 Å². The molecule has 0 aliphatic carbocycles. The molecule has 21 heavy (non-hydrogen) atoms. The summed E-state index contributed by atoms with van der Waals surface area (Å²) in [6, 6.07) is 11.1. The van der Waals surface area contributed by atoms with Gasteiger partial charge in [0.2, 0.25) is 5.91 Å². The van der Waals surface area contributed by atoms with E-state index in [4.69, 9.17) is 10.5 Å². The number of carbonyl (C=O) groups excluding carboxylic acids is 1. The first-order valence-corrected chi connectivity index (χ1v) is 6.67. The minimum Gasteiger partial charge on any atom is -0.457 e. The summed E-state index contributed by atoms with van der Waals surface area (Å²) in [7, 11) is 0. The maximum absolute atomic E-state index is 13.9. The summed E-state index contributed by atoms with van der Waals surface area (Å²) in [5.41, 5.74) is 6.05. The second-order valence-electron chi connectivity index (χ2n) is 4.49. The van der Waals surface area contributed by atoms with Crippen molar-refractivity contribution in [3.05, 3.63) is 59.4 Å². The van der Waals surface area contributed by atoms with Gasteiger partial charge < -0.3 is 15.8 Å². The van der Waals surface area contributed by atoms with Crippen LogP contribution in [0.3, 0.4) is 0 Å². The van der Waals surface area contributed by atoms with Gasteiger partial charge in [-0.05, 0) is 42.9 Å². The first kappa shape index (κ1) is 15.0. The second kappa shape index (κ2) is 6.85. The highest BCUT2D eigenvalue weighted by atomic mass is 19.1. The van der Waals surface area contributed by atoms with Gasteiger partial charge in [0.05, 0.1) is 0 Å². The summed E-state index contributed by atoms with van der Waals surface area (Å²) in [6.45, 7) is 3.07. The van der Waals surface area contributed by atoms with E-state index in [2.05, 4.69) is 5.32 Å². The number of halogens is 1. The molecule has 110 valence electrons. The Labute approximate surface area is 122 Å². The monoisotopic (exact) mass is 288 g/mol. The van der Waals surface area contributed by atoms with Gasteiger partial charge in [0.1, 0.15) is 17.3 Å². The van der Waals surface area contributed by atoms with Gasteiger partial charge >= 0.3 is 0 Å². The fourth-order valence-corrected chi connectivity index (χ4v) is 1.87. The summed E-state index contributed by atoms with van der Waals surface area (Å²) in [6.07, 6.45) is 0. The molecular formula is C16H17FN2O2. The van der Waals surface area contributed by atoms with E-state index in [9.17, 15) is 9.18 Å². The number of primary amides is 1. The van der Waals surface area contributed by atoms with Crippen LogP contribution in [0.4, 0.5) is 4.39 Å². The Bertz CT molecular complexity index is 627. The minimum atomic E-state index is -0.500.